The van der Waals surface area contributed by atoms with Crippen LogP contribution in [0.1, 0.15) is 52.0 Å². The average Bonchev–Trinajstić information content (AvgIpc) is 2.41. The number of hydrogen-bond acceptors (Lipinski definition) is 1. The molecule has 1 saturated carbocycles. The highest BCUT2D eigenvalue weighted by Gasteiger charge is 2.44. The van der Waals surface area contributed by atoms with Crippen molar-refractivity contribution in [3.63, 3.8) is 0 Å². The van der Waals surface area contributed by atoms with Gasteiger partial charge in [0.1, 0.15) is 0 Å². The van der Waals surface area contributed by atoms with Crippen molar-refractivity contribution in [2.24, 2.45) is 16.7 Å². The molecule has 1 N–H and O–H groups in total. The van der Waals surface area contributed by atoms with Gasteiger partial charge in [-0.05, 0) is 55.1 Å². The van der Waals surface area contributed by atoms with Gasteiger partial charge >= 0.3 is 5.97 Å². The van der Waals surface area contributed by atoms with Crippen LogP contribution in [-0.4, -0.2) is 11.1 Å². The van der Waals surface area contributed by atoms with Crippen molar-refractivity contribution in [2.45, 2.75) is 52.9 Å². The largest absolute Gasteiger partial charge is 0.481 e. The molecule has 0 radical (unpaired) electrons. The Morgan fingerprint density at radius 3 is 2.33 bits per heavy atom. The van der Waals surface area contributed by atoms with Gasteiger partial charge in [-0.1, -0.05) is 50.6 Å². The number of benzene rings is 1. The highest BCUT2D eigenvalue weighted by molar-refractivity contribution is 6.31. The van der Waals surface area contributed by atoms with Gasteiger partial charge in [0.05, 0.1) is 5.41 Å². The van der Waals surface area contributed by atoms with Gasteiger partial charge in [-0.3, -0.25) is 4.79 Å². The Morgan fingerprint density at radius 2 is 1.86 bits per heavy atom. The number of carbonyl (C=O) groups is 1. The molecule has 0 aliphatic heterocycles. The van der Waals surface area contributed by atoms with Crippen molar-refractivity contribution >= 4 is 17.6 Å². The van der Waals surface area contributed by atoms with E-state index in [9.17, 15) is 9.90 Å². The standard InChI is InChI=1S/C18H25ClO2/c1-17(2,3)14-8-10-18(11-9-14,16(20)21)12-13-6-4-5-7-15(13)19/h4-7,14H,8-12H2,1-3H3,(H,20,21). The van der Waals surface area contributed by atoms with Crippen molar-refractivity contribution in [2.75, 3.05) is 0 Å². The summed E-state index contributed by atoms with van der Waals surface area (Å²) in [7, 11) is 0. The third-order valence-electron chi connectivity index (χ3n) is 5.11. The summed E-state index contributed by atoms with van der Waals surface area (Å²) in [6.45, 7) is 6.75. The van der Waals surface area contributed by atoms with Crippen LogP contribution in [0.25, 0.3) is 0 Å². The third kappa shape index (κ3) is 3.60. The van der Waals surface area contributed by atoms with E-state index in [1.165, 1.54) is 0 Å². The maximum absolute atomic E-state index is 11.9. The summed E-state index contributed by atoms with van der Waals surface area (Å²) in [6.07, 6.45) is 4.00. The highest BCUT2D eigenvalue weighted by atomic mass is 35.5. The van der Waals surface area contributed by atoms with E-state index in [4.69, 9.17) is 11.6 Å². The first-order chi connectivity index (χ1) is 9.74. The van der Waals surface area contributed by atoms with E-state index in [-0.39, 0.29) is 5.41 Å². The molecule has 2 nitrogen and oxygen atoms in total. The zero-order chi connectivity index (χ0) is 15.7. The molecule has 0 aromatic heterocycles. The molecule has 0 unspecified atom stereocenters. The lowest BCUT2D eigenvalue weighted by Gasteiger charge is -2.42. The van der Waals surface area contributed by atoms with Crippen LogP contribution >= 0.6 is 11.6 Å². The molecule has 0 spiro atoms. The number of hydrogen-bond donors (Lipinski definition) is 1. The van der Waals surface area contributed by atoms with E-state index in [0.29, 0.717) is 17.4 Å². The predicted octanol–water partition coefficient (Wildman–Crippen LogP) is 5.19. The van der Waals surface area contributed by atoms with Crippen molar-refractivity contribution in [1.82, 2.24) is 0 Å². The smallest absolute Gasteiger partial charge is 0.309 e. The predicted molar refractivity (Wildman–Crippen MR) is 86.6 cm³/mol. The molecule has 0 atom stereocenters. The second-order valence-corrected chi connectivity index (χ2v) is 7.90. The molecule has 1 aliphatic carbocycles. The Labute approximate surface area is 132 Å². The normalized spacial score (nSPS) is 26.6. The fraction of sp³-hybridized carbons (Fsp3) is 0.611. The first-order valence-electron chi connectivity index (χ1n) is 7.71. The molecule has 1 aromatic rings. The molecular formula is C18H25ClO2. The number of aliphatic carboxylic acids is 1. The van der Waals surface area contributed by atoms with Gasteiger partial charge in [0.15, 0.2) is 0 Å². The van der Waals surface area contributed by atoms with Crippen molar-refractivity contribution in [1.29, 1.82) is 0 Å². The van der Waals surface area contributed by atoms with E-state index in [1.807, 2.05) is 24.3 Å². The summed E-state index contributed by atoms with van der Waals surface area (Å²) in [5, 5.41) is 10.5. The lowest BCUT2D eigenvalue weighted by Crippen LogP contribution is -2.39. The minimum Gasteiger partial charge on any atom is -0.481 e. The van der Waals surface area contributed by atoms with E-state index in [0.717, 1.165) is 31.2 Å². The van der Waals surface area contributed by atoms with Gasteiger partial charge in [-0.2, -0.15) is 0 Å². The second kappa shape index (κ2) is 6.00. The summed E-state index contributed by atoms with van der Waals surface area (Å²) < 4.78 is 0. The Kier molecular flexibility index (Phi) is 4.67. The summed E-state index contributed by atoms with van der Waals surface area (Å²) in [4.78, 5) is 11.9. The van der Waals surface area contributed by atoms with Crippen LogP contribution in [0, 0.1) is 16.7 Å². The molecule has 3 heteroatoms. The Hall–Kier alpha value is -1.02. The minimum atomic E-state index is -0.672. The van der Waals surface area contributed by atoms with Crippen molar-refractivity contribution in [3.05, 3.63) is 34.9 Å². The molecule has 1 fully saturated rings. The summed E-state index contributed by atoms with van der Waals surface area (Å²) in [5.41, 5.74) is 0.567. The number of carboxylic acid groups (broad SMARTS) is 1. The zero-order valence-electron chi connectivity index (χ0n) is 13.2. The van der Waals surface area contributed by atoms with E-state index < -0.39 is 11.4 Å². The quantitative estimate of drug-likeness (QED) is 0.834. The SMILES string of the molecule is CC(C)(C)C1CCC(Cc2ccccc2Cl)(C(=O)O)CC1. The number of carboxylic acids is 1. The van der Waals surface area contributed by atoms with Crippen LogP contribution in [0.4, 0.5) is 0 Å². The van der Waals surface area contributed by atoms with Crippen LogP contribution in [0.15, 0.2) is 24.3 Å². The zero-order valence-corrected chi connectivity index (χ0v) is 13.9. The summed E-state index contributed by atoms with van der Waals surface area (Å²) in [6, 6.07) is 7.60. The molecular weight excluding hydrogens is 284 g/mol. The van der Waals surface area contributed by atoms with E-state index >= 15 is 0 Å². The number of halogens is 1. The molecule has 1 aromatic carbocycles. The molecule has 0 heterocycles. The van der Waals surface area contributed by atoms with Gasteiger partial charge in [-0.15, -0.1) is 0 Å². The Morgan fingerprint density at radius 1 is 1.29 bits per heavy atom. The first-order valence-corrected chi connectivity index (χ1v) is 8.09. The summed E-state index contributed by atoms with van der Waals surface area (Å²) in [5.74, 6) is -0.0639. The van der Waals surface area contributed by atoms with Gasteiger partial charge in [0.25, 0.3) is 0 Å². The van der Waals surface area contributed by atoms with Gasteiger partial charge in [0.2, 0.25) is 0 Å². The molecule has 0 amide bonds. The molecule has 116 valence electrons. The topological polar surface area (TPSA) is 37.3 Å². The van der Waals surface area contributed by atoms with Crippen molar-refractivity contribution < 1.29 is 9.90 Å². The Balaban J connectivity index is 2.17. The fourth-order valence-electron chi connectivity index (χ4n) is 3.51. The molecule has 0 saturated heterocycles. The molecule has 1 aliphatic rings. The fourth-order valence-corrected chi connectivity index (χ4v) is 3.71. The van der Waals surface area contributed by atoms with Crippen molar-refractivity contribution in [3.8, 4) is 0 Å². The van der Waals surface area contributed by atoms with E-state index in [1.54, 1.807) is 0 Å². The molecule has 2 rings (SSSR count). The van der Waals surface area contributed by atoms with Gasteiger partial charge < -0.3 is 5.11 Å². The highest BCUT2D eigenvalue weighted by Crippen LogP contribution is 2.47. The lowest BCUT2D eigenvalue weighted by molar-refractivity contribution is -0.152. The maximum Gasteiger partial charge on any atom is 0.309 e. The monoisotopic (exact) mass is 308 g/mol. The Bertz CT molecular complexity index is 508. The van der Waals surface area contributed by atoms with Crippen LogP contribution in [-0.2, 0) is 11.2 Å². The van der Waals surface area contributed by atoms with Gasteiger partial charge in [-0.25, -0.2) is 0 Å². The third-order valence-corrected chi connectivity index (χ3v) is 5.48. The second-order valence-electron chi connectivity index (χ2n) is 7.49. The van der Waals surface area contributed by atoms with E-state index in [2.05, 4.69) is 20.8 Å². The van der Waals surface area contributed by atoms with Crippen LogP contribution in [0.2, 0.25) is 5.02 Å². The van der Waals surface area contributed by atoms with Crippen LogP contribution < -0.4 is 0 Å². The minimum absolute atomic E-state index is 0.259. The average molecular weight is 309 g/mol. The van der Waals surface area contributed by atoms with Crippen LogP contribution in [0.3, 0.4) is 0 Å². The number of rotatable bonds is 3. The lowest BCUT2D eigenvalue weighted by atomic mass is 9.62. The molecule has 21 heavy (non-hydrogen) atoms. The maximum atomic E-state index is 11.9. The van der Waals surface area contributed by atoms with Gasteiger partial charge in [0, 0.05) is 5.02 Å². The summed E-state index contributed by atoms with van der Waals surface area (Å²) >= 11 is 6.22. The van der Waals surface area contributed by atoms with Crippen LogP contribution in [0.5, 0.6) is 0 Å². The first kappa shape index (κ1) is 16.4. The molecule has 0 bridgehead atoms.